The summed E-state index contributed by atoms with van der Waals surface area (Å²) in [6.07, 6.45) is 4.15. The van der Waals surface area contributed by atoms with Crippen LogP contribution in [0.2, 0.25) is 0 Å². The fraction of sp³-hybridized carbons (Fsp3) is 0.548. The number of aliphatic hydroxyl groups excluding tert-OH is 1. The van der Waals surface area contributed by atoms with Crippen molar-refractivity contribution < 1.29 is 19.4 Å². The van der Waals surface area contributed by atoms with Gasteiger partial charge in [0.2, 0.25) is 0 Å². The number of esters is 1. The first-order valence-corrected chi connectivity index (χ1v) is 13.5. The van der Waals surface area contributed by atoms with Crippen molar-refractivity contribution in [2.75, 3.05) is 19.8 Å². The van der Waals surface area contributed by atoms with Gasteiger partial charge in [0.1, 0.15) is 24.5 Å². The molecule has 0 bridgehead atoms. The van der Waals surface area contributed by atoms with E-state index in [0.717, 1.165) is 31.2 Å². The number of fused-ring (bicyclic) bond motifs is 1. The van der Waals surface area contributed by atoms with E-state index >= 15 is 0 Å². The minimum atomic E-state index is -0.716. The van der Waals surface area contributed by atoms with E-state index in [-0.39, 0.29) is 24.5 Å². The first-order valence-electron chi connectivity index (χ1n) is 13.5. The molecule has 2 aromatic rings. The van der Waals surface area contributed by atoms with Gasteiger partial charge in [-0.1, -0.05) is 44.2 Å². The third-order valence-electron chi connectivity index (χ3n) is 6.92. The summed E-state index contributed by atoms with van der Waals surface area (Å²) in [5, 5.41) is 23.5. The number of hydrogen-bond donors (Lipinski definition) is 2. The zero-order valence-electron chi connectivity index (χ0n) is 22.8. The number of nitrogens with one attached hydrogen (secondary N) is 1. The van der Waals surface area contributed by atoms with Crippen LogP contribution in [0.3, 0.4) is 0 Å². The van der Waals surface area contributed by atoms with Gasteiger partial charge in [-0.05, 0) is 86.6 Å². The Bertz CT molecular complexity index is 1050. The summed E-state index contributed by atoms with van der Waals surface area (Å²) < 4.78 is 11.1. The molecule has 0 aliphatic heterocycles. The SMILES string of the molecule is CC(C)CCOC(=O)CCc1ccc(C#N)c(OC[C@H](O)CNC(C)(C)CC2Cc3ccccc3C2)c1. The van der Waals surface area contributed by atoms with Gasteiger partial charge in [0.05, 0.1) is 12.2 Å². The lowest BCUT2D eigenvalue weighted by molar-refractivity contribution is -0.143. The minimum Gasteiger partial charge on any atom is -0.489 e. The molecular formula is C31H42N2O4. The first-order chi connectivity index (χ1) is 17.6. The molecule has 0 aromatic heterocycles. The van der Waals surface area contributed by atoms with E-state index in [1.54, 1.807) is 12.1 Å². The number of rotatable bonds is 14. The van der Waals surface area contributed by atoms with Crippen LogP contribution in [0, 0.1) is 23.2 Å². The van der Waals surface area contributed by atoms with E-state index in [1.165, 1.54) is 11.1 Å². The highest BCUT2D eigenvalue weighted by atomic mass is 16.5. The fourth-order valence-electron chi connectivity index (χ4n) is 4.89. The molecule has 0 amide bonds. The number of carbonyl (C=O) groups excluding carboxylic acids is 1. The molecule has 37 heavy (non-hydrogen) atoms. The molecule has 1 aliphatic rings. The number of ether oxygens (including phenoxy) is 2. The van der Waals surface area contributed by atoms with Crippen molar-refractivity contribution in [1.82, 2.24) is 5.32 Å². The Balaban J connectivity index is 1.43. The predicted octanol–water partition coefficient (Wildman–Crippen LogP) is 4.99. The summed E-state index contributed by atoms with van der Waals surface area (Å²) in [5.41, 5.74) is 4.09. The smallest absolute Gasteiger partial charge is 0.306 e. The van der Waals surface area contributed by atoms with Crippen molar-refractivity contribution >= 4 is 5.97 Å². The summed E-state index contributed by atoms with van der Waals surface area (Å²) in [7, 11) is 0. The molecule has 0 saturated heterocycles. The number of benzene rings is 2. The van der Waals surface area contributed by atoms with Gasteiger partial charge in [-0.15, -0.1) is 0 Å². The highest BCUT2D eigenvalue weighted by molar-refractivity contribution is 5.69. The summed E-state index contributed by atoms with van der Waals surface area (Å²) in [6, 6.07) is 16.1. The number of nitrogens with zero attached hydrogens (tertiary/aromatic N) is 1. The molecule has 0 spiro atoms. The molecule has 200 valence electrons. The maximum absolute atomic E-state index is 12.0. The molecule has 6 nitrogen and oxygen atoms in total. The predicted molar refractivity (Wildman–Crippen MR) is 145 cm³/mol. The van der Waals surface area contributed by atoms with Gasteiger partial charge < -0.3 is 19.9 Å². The molecule has 0 radical (unpaired) electrons. The largest absolute Gasteiger partial charge is 0.489 e. The molecule has 0 saturated carbocycles. The first kappa shape index (κ1) is 28.7. The van der Waals surface area contributed by atoms with Gasteiger partial charge in [0, 0.05) is 18.5 Å². The monoisotopic (exact) mass is 506 g/mol. The number of nitriles is 1. The van der Waals surface area contributed by atoms with Gasteiger partial charge in [-0.3, -0.25) is 4.79 Å². The maximum atomic E-state index is 12.0. The Hall–Kier alpha value is -2.88. The van der Waals surface area contributed by atoms with E-state index < -0.39 is 6.10 Å². The maximum Gasteiger partial charge on any atom is 0.306 e. The van der Waals surface area contributed by atoms with Crippen molar-refractivity contribution in [1.29, 1.82) is 5.26 Å². The molecule has 3 rings (SSSR count). The van der Waals surface area contributed by atoms with Crippen molar-refractivity contribution in [3.05, 3.63) is 64.7 Å². The second-order valence-corrected chi connectivity index (χ2v) is 11.3. The zero-order chi connectivity index (χ0) is 26.8. The van der Waals surface area contributed by atoms with Gasteiger partial charge >= 0.3 is 5.97 Å². The van der Waals surface area contributed by atoms with Crippen molar-refractivity contribution in [2.45, 2.75) is 77.9 Å². The molecule has 1 atom stereocenters. The molecule has 6 heteroatoms. The lowest BCUT2D eigenvalue weighted by Crippen LogP contribution is -2.46. The van der Waals surface area contributed by atoms with Crippen LogP contribution in [0.4, 0.5) is 0 Å². The third-order valence-corrected chi connectivity index (χ3v) is 6.92. The van der Waals surface area contributed by atoms with Crippen LogP contribution >= 0.6 is 0 Å². The molecule has 0 unspecified atom stereocenters. The number of hydrogen-bond acceptors (Lipinski definition) is 6. The van der Waals surface area contributed by atoms with E-state index in [1.807, 2.05) is 6.07 Å². The number of aliphatic hydroxyl groups is 1. The third kappa shape index (κ3) is 9.50. The van der Waals surface area contributed by atoms with Crippen molar-refractivity contribution in [2.24, 2.45) is 11.8 Å². The Morgan fingerprint density at radius 2 is 1.89 bits per heavy atom. The van der Waals surface area contributed by atoms with E-state index in [0.29, 0.717) is 42.7 Å². The molecule has 1 aliphatic carbocycles. The molecule has 0 fully saturated rings. The van der Waals surface area contributed by atoms with Crippen molar-refractivity contribution in [3.8, 4) is 11.8 Å². The lowest BCUT2D eigenvalue weighted by Gasteiger charge is -2.30. The average Bonchev–Trinajstić information content (AvgIpc) is 3.26. The normalized spacial score (nSPS) is 14.3. The van der Waals surface area contributed by atoms with E-state index in [9.17, 15) is 15.2 Å². The van der Waals surface area contributed by atoms with Crippen LogP contribution in [0.5, 0.6) is 5.75 Å². The van der Waals surface area contributed by atoms with Crippen molar-refractivity contribution in [3.63, 3.8) is 0 Å². The molecule has 2 aromatic carbocycles. The highest BCUT2D eigenvalue weighted by Gasteiger charge is 2.28. The second kappa shape index (κ2) is 13.6. The fourth-order valence-corrected chi connectivity index (χ4v) is 4.89. The van der Waals surface area contributed by atoms with Gasteiger partial charge in [-0.25, -0.2) is 0 Å². The van der Waals surface area contributed by atoms with Crippen LogP contribution in [-0.2, 0) is 28.8 Å². The topological polar surface area (TPSA) is 91.6 Å². The van der Waals surface area contributed by atoms with E-state index in [2.05, 4.69) is 63.3 Å². The van der Waals surface area contributed by atoms with Gasteiger partial charge in [0.25, 0.3) is 0 Å². The summed E-state index contributed by atoms with van der Waals surface area (Å²) in [5.74, 6) is 1.29. The van der Waals surface area contributed by atoms with Gasteiger partial charge in [-0.2, -0.15) is 5.26 Å². The number of carbonyl (C=O) groups is 1. The van der Waals surface area contributed by atoms with Crippen LogP contribution in [-0.4, -0.2) is 42.5 Å². The summed E-state index contributed by atoms with van der Waals surface area (Å²) in [6.45, 7) is 9.45. The quantitative estimate of drug-likeness (QED) is 0.351. The van der Waals surface area contributed by atoms with Crippen LogP contribution in [0.15, 0.2) is 42.5 Å². The minimum absolute atomic E-state index is 0.0767. The second-order valence-electron chi connectivity index (χ2n) is 11.3. The number of aryl methyl sites for hydroxylation is 1. The molecule has 2 N–H and O–H groups in total. The van der Waals surface area contributed by atoms with Crippen LogP contribution in [0.25, 0.3) is 0 Å². The van der Waals surface area contributed by atoms with Crippen LogP contribution < -0.4 is 10.1 Å². The summed E-state index contributed by atoms with van der Waals surface area (Å²) >= 11 is 0. The van der Waals surface area contributed by atoms with Gasteiger partial charge in [0.15, 0.2) is 0 Å². The van der Waals surface area contributed by atoms with E-state index in [4.69, 9.17) is 9.47 Å². The number of β-amino-alcohol motifs (C(OH)–C–C–N with tert-alkyl or cyclic N) is 1. The molecular weight excluding hydrogens is 464 g/mol. The lowest BCUT2D eigenvalue weighted by atomic mass is 9.88. The Labute approximate surface area is 222 Å². The average molecular weight is 507 g/mol. The summed E-state index contributed by atoms with van der Waals surface area (Å²) in [4.78, 5) is 12.0. The Morgan fingerprint density at radius 3 is 2.54 bits per heavy atom. The Morgan fingerprint density at radius 1 is 1.19 bits per heavy atom. The Kier molecular flexibility index (Phi) is 10.5. The zero-order valence-corrected chi connectivity index (χ0v) is 22.8. The van der Waals surface area contributed by atoms with Crippen LogP contribution in [0.1, 0.15) is 69.2 Å². The highest BCUT2D eigenvalue weighted by Crippen LogP contribution is 2.32. The molecule has 0 heterocycles. The standard InChI is InChI=1S/C31H42N2O4/c1-22(2)13-14-36-30(35)12-10-23-9-11-27(19-32)29(17-23)37-21-28(34)20-33-31(3,4)18-24-15-25-7-5-6-8-26(25)16-24/h5-9,11,17,22,24,28,33-34H,10,12-16,18,20-21H2,1-4H3/t28-/m1/s1.